The summed E-state index contributed by atoms with van der Waals surface area (Å²) in [7, 11) is 0. The van der Waals surface area contributed by atoms with Gasteiger partial charge in [-0.2, -0.15) is 0 Å². The predicted octanol–water partition coefficient (Wildman–Crippen LogP) is 4.92. The maximum atomic E-state index is 10.5. The number of nitrogens with zero attached hydrogens (tertiary/aromatic N) is 3. The second-order valence-corrected chi connectivity index (χ2v) is 7.30. The van der Waals surface area contributed by atoms with E-state index < -0.39 is 0 Å². The molecule has 0 fully saturated rings. The minimum absolute atomic E-state index is 0.0142. The minimum Gasteiger partial charge on any atom is -0.507 e. The van der Waals surface area contributed by atoms with Crippen molar-refractivity contribution in [2.24, 2.45) is 0 Å². The van der Waals surface area contributed by atoms with Crippen LogP contribution in [-0.4, -0.2) is 44.6 Å². The van der Waals surface area contributed by atoms with Crippen LogP contribution in [-0.2, 0) is 0 Å². The van der Waals surface area contributed by atoms with Crippen LogP contribution in [0, 0.1) is 0 Å². The molecule has 0 aliphatic rings. The Balaban J connectivity index is 1.99. The van der Waals surface area contributed by atoms with Gasteiger partial charge >= 0.3 is 0 Å². The average molecular weight is 428 g/mol. The van der Waals surface area contributed by atoms with Crippen molar-refractivity contribution in [1.29, 1.82) is 0 Å². The molecule has 2 N–H and O–H groups in total. The van der Waals surface area contributed by atoms with E-state index in [-0.39, 0.29) is 11.5 Å². The van der Waals surface area contributed by atoms with Crippen LogP contribution in [0.1, 0.15) is 26.7 Å². The van der Waals surface area contributed by atoms with Gasteiger partial charge in [-0.3, -0.25) is 0 Å². The lowest BCUT2D eigenvalue weighted by Gasteiger charge is -2.11. The third kappa shape index (κ3) is 5.13. The Kier molecular flexibility index (Phi) is 7.35. The van der Waals surface area contributed by atoms with Gasteiger partial charge < -0.3 is 19.7 Å². The summed E-state index contributed by atoms with van der Waals surface area (Å²) in [5, 5.41) is 21.5. The summed E-state index contributed by atoms with van der Waals surface area (Å²) < 4.78 is 11.1. The Hall–Kier alpha value is -3.00. The first-order valence-corrected chi connectivity index (χ1v) is 11.0. The number of hydrogen-bond donors (Lipinski definition) is 2. The summed E-state index contributed by atoms with van der Waals surface area (Å²) in [4.78, 5) is 13.3. The van der Waals surface area contributed by atoms with E-state index >= 15 is 0 Å². The molecule has 0 radical (unpaired) electrons. The molecule has 30 heavy (non-hydrogen) atoms. The van der Waals surface area contributed by atoms with Crippen molar-refractivity contribution >= 4 is 11.8 Å². The van der Waals surface area contributed by atoms with Crippen molar-refractivity contribution in [3.05, 3.63) is 36.4 Å². The number of thioether (sulfide) groups is 1. The number of rotatable bonds is 9. The second kappa shape index (κ2) is 10.2. The number of hydrogen-bond acceptors (Lipinski definition) is 8. The predicted molar refractivity (Wildman–Crippen MR) is 117 cm³/mol. The molecule has 8 heteroatoms. The number of aromatic hydroxyl groups is 2. The molecule has 0 aliphatic carbocycles. The molecule has 0 spiro atoms. The standard InChI is InChI=1S/C22H25N3O4S/c1-4-10-28-14-6-8-16(18(26)12-14)20-23-21(25-22(24-20)30-3)17-9-7-15(13-19(17)27)29-11-5-2/h6-9,12-13,26-27H,4-5,10-11H2,1-3H3. The first-order chi connectivity index (χ1) is 14.5. The van der Waals surface area contributed by atoms with Crippen LogP contribution in [0.2, 0.25) is 0 Å². The summed E-state index contributed by atoms with van der Waals surface area (Å²) in [5.74, 6) is 1.82. The highest BCUT2D eigenvalue weighted by atomic mass is 32.2. The van der Waals surface area contributed by atoms with Gasteiger partial charge in [0.15, 0.2) is 16.8 Å². The lowest BCUT2D eigenvalue weighted by Crippen LogP contribution is -2.00. The summed E-state index contributed by atoms with van der Waals surface area (Å²) >= 11 is 1.35. The van der Waals surface area contributed by atoms with E-state index in [2.05, 4.69) is 15.0 Å². The van der Waals surface area contributed by atoms with E-state index in [9.17, 15) is 10.2 Å². The van der Waals surface area contributed by atoms with Crippen molar-refractivity contribution in [2.75, 3.05) is 19.5 Å². The molecule has 7 nitrogen and oxygen atoms in total. The van der Waals surface area contributed by atoms with Crippen LogP contribution in [0.5, 0.6) is 23.0 Å². The molecule has 0 saturated carbocycles. The average Bonchev–Trinajstić information content (AvgIpc) is 2.76. The maximum absolute atomic E-state index is 10.5. The molecule has 3 rings (SSSR count). The lowest BCUT2D eigenvalue weighted by atomic mass is 10.1. The quantitative estimate of drug-likeness (QED) is 0.465. The van der Waals surface area contributed by atoms with Crippen molar-refractivity contribution in [1.82, 2.24) is 15.0 Å². The highest BCUT2D eigenvalue weighted by Crippen LogP contribution is 2.35. The Morgan fingerprint density at radius 1 is 0.767 bits per heavy atom. The molecule has 0 unspecified atom stereocenters. The number of aromatic nitrogens is 3. The molecule has 0 amide bonds. The minimum atomic E-state index is 0.0142. The van der Waals surface area contributed by atoms with Crippen LogP contribution in [0.3, 0.4) is 0 Å². The largest absolute Gasteiger partial charge is 0.507 e. The molecule has 2 aromatic carbocycles. The molecule has 158 valence electrons. The van der Waals surface area contributed by atoms with Gasteiger partial charge in [0.25, 0.3) is 0 Å². The zero-order valence-electron chi connectivity index (χ0n) is 17.3. The Morgan fingerprint density at radius 2 is 1.23 bits per heavy atom. The Labute approximate surface area is 180 Å². The zero-order chi connectivity index (χ0) is 21.5. The number of phenolic OH excluding ortho intramolecular Hbond substituents is 2. The lowest BCUT2D eigenvalue weighted by molar-refractivity contribution is 0.315. The molecular weight excluding hydrogens is 402 g/mol. The van der Waals surface area contributed by atoms with Crippen LogP contribution >= 0.6 is 11.8 Å². The third-order valence-corrected chi connectivity index (χ3v) is 4.71. The van der Waals surface area contributed by atoms with Crippen molar-refractivity contribution in [3.63, 3.8) is 0 Å². The van der Waals surface area contributed by atoms with Crippen LogP contribution < -0.4 is 9.47 Å². The highest BCUT2D eigenvalue weighted by Gasteiger charge is 2.16. The second-order valence-electron chi connectivity index (χ2n) is 6.52. The van der Waals surface area contributed by atoms with Gasteiger partial charge in [0.1, 0.15) is 23.0 Å². The maximum Gasteiger partial charge on any atom is 0.191 e. The first-order valence-electron chi connectivity index (χ1n) is 9.78. The smallest absolute Gasteiger partial charge is 0.191 e. The fraction of sp³-hybridized carbons (Fsp3) is 0.318. The first kappa shape index (κ1) is 21.7. The van der Waals surface area contributed by atoms with Gasteiger partial charge in [-0.25, -0.2) is 15.0 Å². The van der Waals surface area contributed by atoms with E-state index in [0.29, 0.717) is 52.6 Å². The summed E-state index contributed by atoms with van der Waals surface area (Å²) in [5.41, 5.74) is 0.917. The third-order valence-electron chi connectivity index (χ3n) is 4.16. The van der Waals surface area contributed by atoms with Crippen molar-refractivity contribution in [2.45, 2.75) is 31.8 Å². The SMILES string of the molecule is CCCOc1ccc(-c2nc(SC)nc(-c3ccc(OCCC)cc3O)n2)c(O)c1. The van der Waals surface area contributed by atoms with Gasteiger partial charge in [-0.15, -0.1) is 0 Å². The molecule has 1 aromatic heterocycles. The molecule has 0 aliphatic heterocycles. The summed E-state index contributed by atoms with van der Waals surface area (Å²) in [6.07, 6.45) is 3.61. The van der Waals surface area contributed by atoms with Gasteiger partial charge in [-0.05, 0) is 43.4 Å². The monoisotopic (exact) mass is 427 g/mol. The highest BCUT2D eigenvalue weighted by molar-refractivity contribution is 7.98. The van der Waals surface area contributed by atoms with Gasteiger partial charge in [0.05, 0.1) is 24.3 Å². The van der Waals surface area contributed by atoms with Crippen LogP contribution in [0.25, 0.3) is 22.8 Å². The number of ether oxygens (including phenoxy) is 2. The van der Waals surface area contributed by atoms with Gasteiger partial charge in [0, 0.05) is 12.1 Å². The Bertz CT molecular complexity index is 938. The van der Waals surface area contributed by atoms with Gasteiger partial charge in [0.2, 0.25) is 0 Å². The van der Waals surface area contributed by atoms with Crippen molar-refractivity contribution in [3.8, 4) is 45.8 Å². The van der Waals surface area contributed by atoms with E-state index in [0.717, 1.165) is 12.8 Å². The molecule has 3 aromatic rings. The van der Waals surface area contributed by atoms with Crippen molar-refractivity contribution < 1.29 is 19.7 Å². The topological polar surface area (TPSA) is 97.6 Å². The number of phenols is 2. The van der Waals surface area contributed by atoms with Crippen LogP contribution in [0.4, 0.5) is 0 Å². The van der Waals surface area contributed by atoms with Crippen LogP contribution in [0.15, 0.2) is 41.6 Å². The van der Waals surface area contributed by atoms with Gasteiger partial charge in [-0.1, -0.05) is 25.6 Å². The molecule has 0 bridgehead atoms. The Morgan fingerprint density at radius 3 is 1.60 bits per heavy atom. The fourth-order valence-corrected chi connectivity index (χ4v) is 3.06. The summed E-state index contributed by atoms with van der Waals surface area (Å²) in [6.45, 7) is 5.18. The zero-order valence-corrected chi connectivity index (χ0v) is 18.1. The molecule has 1 heterocycles. The summed E-state index contributed by atoms with van der Waals surface area (Å²) in [6, 6.07) is 10.1. The molecular formula is C22H25N3O4S. The molecule has 0 atom stereocenters. The normalized spacial score (nSPS) is 10.8. The number of benzene rings is 2. The van der Waals surface area contributed by atoms with E-state index in [4.69, 9.17) is 9.47 Å². The van der Waals surface area contributed by atoms with E-state index in [1.807, 2.05) is 20.1 Å². The van der Waals surface area contributed by atoms with E-state index in [1.54, 1.807) is 36.4 Å². The fourth-order valence-electron chi connectivity index (χ4n) is 2.71. The van der Waals surface area contributed by atoms with E-state index in [1.165, 1.54) is 11.8 Å². The molecule has 0 saturated heterocycles.